The Bertz CT molecular complexity index is 888. The van der Waals surface area contributed by atoms with E-state index in [1.165, 1.54) is 11.8 Å². The smallest absolute Gasteiger partial charge is 0.321 e. The number of rotatable bonds is 7. The molecule has 2 rings (SSSR count). The third-order valence-electron chi connectivity index (χ3n) is 3.75. The van der Waals surface area contributed by atoms with E-state index in [4.69, 9.17) is 4.74 Å². The van der Waals surface area contributed by atoms with E-state index in [1.807, 2.05) is 49.6 Å². The van der Waals surface area contributed by atoms with E-state index in [1.54, 1.807) is 20.1 Å². The molecule has 0 aliphatic carbocycles. The molecule has 0 unspecified atom stereocenters. The van der Waals surface area contributed by atoms with Crippen LogP contribution < -0.4 is 15.4 Å². The minimum atomic E-state index is -0.556. The van der Waals surface area contributed by atoms with E-state index in [0.717, 1.165) is 5.56 Å². The Hall–Kier alpha value is -2.81. The summed E-state index contributed by atoms with van der Waals surface area (Å²) in [5, 5.41) is 13.6. The molecule has 0 bridgehead atoms. The van der Waals surface area contributed by atoms with Crippen molar-refractivity contribution in [3.05, 3.63) is 36.9 Å². The number of methoxy groups -OCH3 is 1. The summed E-state index contributed by atoms with van der Waals surface area (Å²) in [5.74, 6) is 0.873. The number of benzene rings is 1. The lowest BCUT2D eigenvalue weighted by Crippen LogP contribution is -2.49. The molecule has 0 aliphatic rings. The summed E-state index contributed by atoms with van der Waals surface area (Å²) >= 11 is 1.22. The van der Waals surface area contributed by atoms with Crippen LogP contribution in [0.15, 0.2) is 42.1 Å². The molecule has 0 radical (unpaired) electrons. The van der Waals surface area contributed by atoms with Gasteiger partial charge in [0.2, 0.25) is 5.91 Å². The second-order valence-electron chi connectivity index (χ2n) is 7.36. The van der Waals surface area contributed by atoms with Crippen molar-refractivity contribution >= 4 is 23.7 Å². The highest BCUT2D eigenvalue weighted by atomic mass is 32.2. The number of amides is 3. The Morgan fingerprint density at radius 2 is 2.00 bits per heavy atom. The molecule has 0 saturated carbocycles. The lowest BCUT2D eigenvalue weighted by atomic mass is 10.1. The Kier molecular flexibility index (Phi) is 7.44. The molecule has 1 atom stereocenters. The number of nitrogens with zero attached hydrogens (tertiary/aromatic N) is 3. The van der Waals surface area contributed by atoms with Gasteiger partial charge in [0.1, 0.15) is 5.75 Å². The second-order valence-corrected chi connectivity index (χ2v) is 8.67. The van der Waals surface area contributed by atoms with Crippen LogP contribution in [0.25, 0.3) is 11.4 Å². The number of nitrogens with one attached hydrogen (secondary N) is 2. The van der Waals surface area contributed by atoms with Crippen LogP contribution in [0.4, 0.5) is 4.79 Å². The molecule has 0 aliphatic heterocycles. The number of carbonyl (C=O) groups excluding carboxylic acids is 2. The van der Waals surface area contributed by atoms with Crippen molar-refractivity contribution < 1.29 is 14.3 Å². The maximum atomic E-state index is 12.4. The molecular formula is C20H27N5O3S. The highest BCUT2D eigenvalue weighted by Gasteiger charge is 2.24. The molecule has 156 valence electrons. The lowest BCUT2D eigenvalue weighted by Gasteiger charge is -2.21. The van der Waals surface area contributed by atoms with Crippen LogP contribution in [0.1, 0.15) is 27.7 Å². The maximum absolute atomic E-state index is 12.4. The summed E-state index contributed by atoms with van der Waals surface area (Å²) in [4.78, 5) is 24.3. The van der Waals surface area contributed by atoms with Crippen molar-refractivity contribution in [1.82, 2.24) is 25.4 Å². The van der Waals surface area contributed by atoms with Crippen LogP contribution in [0.5, 0.6) is 5.75 Å². The standard InChI is InChI=1S/C20H27N5O3S/c1-7-12-25-16(14-10-8-9-11-15(14)28-6)23-24-19(25)29-13(2)17(26)21-18(27)22-20(3,4)5/h7-11,13H,1,12H2,2-6H3,(H2,21,22,26,27)/t13-/m1/s1. The Morgan fingerprint density at radius 3 is 2.62 bits per heavy atom. The average molecular weight is 418 g/mol. The number of aromatic nitrogens is 3. The molecule has 1 aromatic carbocycles. The summed E-state index contributed by atoms with van der Waals surface area (Å²) in [6.45, 7) is 11.5. The minimum absolute atomic E-state index is 0.413. The number of ether oxygens (including phenoxy) is 1. The normalized spacial score (nSPS) is 12.2. The molecule has 1 aromatic heterocycles. The number of allylic oxidation sites excluding steroid dienone is 1. The van der Waals surface area contributed by atoms with E-state index >= 15 is 0 Å². The molecule has 0 fully saturated rings. The van der Waals surface area contributed by atoms with E-state index in [2.05, 4.69) is 27.4 Å². The maximum Gasteiger partial charge on any atom is 0.321 e. The molecular weight excluding hydrogens is 390 g/mol. The summed E-state index contributed by atoms with van der Waals surface area (Å²) in [5.41, 5.74) is 0.354. The van der Waals surface area contributed by atoms with E-state index in [-0.39, 0.29) is 0 Å². The first kappa shape index (κ1) is 22.5. The first-order chi connectivity index (χ1) is 13.7. The van der Waals surface area contributed by atoms with Gasteiger partial charge in [0, 0.05) is 12.1 Å². The fourth-order valence-corrected chi connectivity index (χ4v) is 3.35. The average Bonchev–Trinajstić information content (AvgIpc) is 3.02. The third kappa shape index (κ3) is 6.08. The SMILES string of the molecule is C=CCn1c(S[C@H](C)C(=O)NC(=O)NC(C)(C)C)nnc1-c1ccccc1OC. The summed E-state index contributed by atoms with van der Waals surface area (Å²) < 4.78 is 7.28. The summed E-state index contributed by atoms with van der Waals surface area (Å²) in [6.07, 6.45) is 1.73. The highest BCUT2D eigenvalue weighted by Crippen LogP contribution is 2.32. The second kappa shape index (κ2) is 9.60. The monoisotopic (exact) mass is 417 g/mol. The number of hydrogen-bond acceptors (Lipinski definition) is 6. The van der Waals surface area contributed by atoms with Gasteiger partial charge in [-0.3, -0.25) is 14.7 Å². The zero-order valence-electron chi connectivity index (χ0n) is 17.4. The molecule has 8 nitrogen and oxygen atoms in total. The molecule has 3 amide bonds. The van der Waals surface area contributed by atoms with Crippen molar-refractivity contribution in [1.29, 1.82) is 0 Å². The van der Waals surface area contributed by atoms with Crippen LogP contribution in [0.2, 0.25) is 0 Å². The van der Waals surface area contributed by atoms with Gasteiger partial charge in [-0.15, -0.1) is 16.8 Å². The van der Waals surface area contributed by atoms with Gasteiger partial charge >= 0.3 is 6.03 Å². The predicted octanol–water partition coefficient (Wildman–Crippen LogP) is 3.24. The fourth-order valence-electron chi connectivity index (χ4n) is 2.50. The number of thioether (sulfide) groups is 1. The molecule has 29 heavy (non-hydrogen) atoms. The van der Waals surface area contributed by atoms with Crippen molar-refractivity contribution in [2.75, 3.05) is 7.11 Å². The quantitative estimate of drug-likeness (QED) is 0.530. The van der Waals surface area contributed by atoms with Gasteiger partial charge in [0.05, 0.1) is 17.9 Å². The molecule has 2 aromatic rings. The van der Waals surface area contributed by atoms with Crippen LogP contribution in [-0.4, -0.2) is 44.6 Å². The zero-order valence-corrected chi connectivity index (χ0v) is 18.2. The Labute approximate surface area is 175 Å². The van der Waals surface area contributed by atoms with Crippen LogP contribution in [0, 0.1) is 0 Å². The Morgan fingerprint density at radius 1 is 1.31 bits per heavy atom. The van der Waals surface area contributed by atoms with E-state index in [9.17, 15) is 9.59 Å². The fraction of sp³-hybridized carbons (Fsp3) is 0.400. The first-order valence-electron chi connectivity index (χ1n) is 9.13. The van der Waals surface area contributed by atoms with Gasteiger partial charge in [0.25, 0.3) is 0 Å². The van der Waals surface area contributed by atoms with Crippen LogP contribution in [0.3, 0.4) is 0 Å². The molecule has 0 spiro atoms. The van der Waals surface area contributed by atoms with Crippen molar-refractivity contribution in [3.8, 4) is 17.1 Å². The van der Waals surface area contributed by atoms with Crippen LogP contribution in [-0.2, 0) is 11.3 Å². The third-order valence-corrected chi connectivity index (χ3v) is 4.83. The van der Waals surface area contributed by atoms with Crippen molar-refractivity contribution in [3.63, 3.8) is 0 Å². The van der Waals surface area contributed by atoms with Gasteiger partial charge in [-0.2, -0.15) is 0 Å². The number of urea groups is 1. The molecule has 9 heteroatoms. The molecule has 0 saturated heterocycles. The van der Waals surface area contributed by atoms with Crippen molar-refractivity contribution in [2.24, 2.45) is 0 Å². The zero-order chi connectivity index (χ0) is 21.6. The lowest BCUT2D eigenvalue weighted by molar-refractivity contribution is -0.119. The number of hydrogen-bond donors (Lipinski definition) is 2. The van der Waals surface area contributed by atoms with E-state index < -0.39 is 22.7 Å². The van der Waals surface area contributed by atoms with Gasteiger partial charge in [-0.1, -0.05) is 30.0 Å². The summed E-state index contributed by atoms with van der Waals surface area (Å²) in [6, 6.07) is 6.98. The van der Waals surface area contributed by atoms with Crippen LogP contribution >= 0.6 is 11.8 Å². The number of carbonyl (C=O) groups is 2. The first-order valence-corrected chi connectivity index (χ1v) is 10.0. The van der Waals surface area contributed by atoms with Gasteiger partial charge < -0.3 is 10.1 Å². The molecule has 2 N–H and O–H groups in total. The highest BCUT2D eigenvalue weighted by molar-refractivity contribution is 8.00. The largest absolute Gasteiger partial charge is 0.496 e. The van der Waals surface area contributed by atoms with Gasteiger partial charge in [-0.05, 0) is 39.8 Å². The predicted molar refractivity (Wildman–Crippen MR) is 114 cm³/mol. The molecule has 1 heterocycles. The number of imide groups is 1. The van der Waals surface area contributed by atoms with Gasteiger partial charge in [-0.25, -0.2) is 4.79 Å². The minimum Gasteiger partial charge on any atom is -0.496 e. The van der Waals surface area contributed by atoms with Gasteiger partial charge in [0.15, 0.2) is 11.0 Å². The van der Waals surface area contributed by atoms with Crippen molar-refractivity contribution in [2.45, 2.75) is 50.2 Å². The number of para-hydroxylation sites is 1. The topological polar surface area (TPSA) is 98.1 Å². The summed E-state index contributed by atoms with van der Waals surface area (Å²) in [7, 11) is 1.59. The Balaban J connectivity index is 2.20. The van der Waals surface area contributed by atoms with E-state index in [0.29, 0.717) is 23.3 Å².